The Labute approximate surface area is 103 Å². The zero-order chi connectivity index (χ0) is 13.8. The normalized spacial score (nSPS) is 14.9. The van der Waals surface area contributed by atoms with Crippen molar-refractivity contribution in [2.45, 2.75) is 25.1 Å². The van der Waals surface area contributed by atoms with Gasteiger partial charge in [-0.3, -0.25) is 4.79 Å². The van der Waals surface area contributed by atoms with Gasteiger partial charge < -0.3 is 10.4 Å². The number of aliphatic hydroxyl groups is 1. The molecule has 0 bridgehead atoms. The summed E-state index contributed by atoms with van der Waals surface area (Å²) in [5.74, 6) is -1.46. The number of nitrogens with one attached hydrogen (secondary N) is 1. The van der Waals surface area contributed by atoms with Crippen LogP contribution in [0.2, 0.25) is 0 Å². The Morgan fingerprint density at radius 3 is 2.28 bits per heavy atom. The summed E-state index contributed by atoms with van der Waals surface area (Å²) in [6.45, 7) is 1.78. The van der Waals surface area contributed by atoms with Crippen molar-refractivity contribution in [2.75, 3.05) is 6.54 Å². The third-order valence-corrected chi connectivity index (χ3v) is 2.47. The van der Waals surface area contributed by atoms with E-state index in [4.69, 9.17) is 0 Å². The summed E-state index contributed by atoms with van der Waals surface area (Å²) < 4.78 is 38.9. The quantitative estimate of drug-likeness (QED) is 0.870. The fourth-order valence-electron chi connectivity index (χ4n) is 1.47. The zero-order valence-corrected chi connectivity index (χ0v) is 9.79. The van der Waals surface area contributed by atoms with Crippen LogP contribution in [0, 0.1) is 0 Å². The predicted octanol–water partition coefficient (Wildman–Crippen LogP) is 1.96. The standard InChI is InChI=1S/C12H14F3NO2/c1-2-8-16-10(17)11(18,12(13,14)15)9-6-4-3-5-7-9/h3-7,18H,2,8H2,1H3,(H,16,17). The molecule has 1 unspecified atom stereocenters. The van der Waals surface area contributed by atoms with Crippen LogP contribution in [0.1, 0.15) is 18.9 Å². The second-order valence-corrected chi connectivity index (χ2v) is 3.83. The lowest BCUT2D eigenvalue weighted by Gasteiger charge is -2.29. The molecule has 0 aliphatic rings. The van der Waals surface area contributed by atoms with Gasteiger partial charge in [0.2, 0.25) is 0 Å². The summed E-state index contributed by atoms with van der Waals surface area (Å²) in [4.78, 5) is 11.6. The van der Waals surface area contributed by atoms with Crippen LogP contribution in [-0.4, -0.2) is 23.7 Å². The second kappa shape index (κ2) is 5.39. The van der Waals surface area contributed by atoms with Gasteiger partial charge in [-0.2, -0.15) is 13.2 Å². The third kappa shape index (κ3) is 2.64. The second-order valence-electron chi connectivity index (χ2n) is 3.83. The highest BCUT2D eigenvalue weighted by atomic mass is 19.4. The molecule has 3 nitrogen and oxygen atoms in total. The van der Waals surface area contributed by atoms with Crippen LogP contribution in [0.4, 0.5) is 13.2 Å². The van der Waals surface area contributed by atoms with Crippen molar-refractivity contribution in [3.63, 3.8) is 0 Å². The molecule has 6 heteroatoms. The van der Waals surface area contributed by atoms with Crippen molar-refractivity contribution >= 4 is 5.91 Å². The fraction of sp³-hybridized carbons (Fsp3) is 0.417. The first-order valence-electron chi connectivity index (χ1n) is 5.47. The van der Waals surface area contributed by atoms with Gasteiger partial charge in [-0.1, -0.05) is 37.3 Å². The van der Waals surface area contributed by atoms with Crippen molar-refractivity contribution in [3.05, 3.63) is 35.9 Å². The Morgan fingerprint density at radius 1 is 1.28 bits per heavy atom. The van der Waals surface area contributed by atoms with Gasteiger partial charge in [-0.15, -0.1) is 0 Å². The molecule has 1 amide bonds. The predicted molar refractivity (Wildman–Crippen MR) is 59.7 cm³/mol. The Kier molecular flexibility index (Phi) is 4.34. The number of carbonyl (C=O) groups is 1. The van der Waals surface area contributed by atoms with E-state index in [2.05, 4.69) is 5.32 Å². The van der Waals surface area contributed by atoms with Crippen LogP contribution in [-0.2, 0) is 10.4 Å². The van der Waals surface area contributed by atoms with Crippen molar-refractivity contribution in [1.29, 1.82) is 0 Å². The average Bonchev–Trinajstić information content (AvgIpc) is 2.34. The maximum absolute atomic E-state index is 13.0. The van der Waals surface area contributed by atoms with Crippen LogP contribution in [0.5, 0.6) is 0 Å². The molecule has 18 heavy (non-hydrogen) atoms. The van der Waals surface area contributed by atoms with E-state index < -0.39 is 23.2 Å². The van der Waals surface area contributed by atoms with Crippen molar-refractivity contribution in [2.24, 2.45) is 0 Å². The Bertz CT molecular complexity index is 406. The molecular formula is C12H14F3NO2. The van der Waals surface area contributed by atoms with E-state index in [0.29, 0.717) is 6.42 Å². The zero-order valence-electron chi connectivity index (χ0n) is 9.79. The van der Waals surface area contributed by atoms with Gasteiger partial charge in [0.05, 0.1) is 0 Å². The minimum absolute atomic E-state index is 0.0735. The first-order valence-corrected chi connectivity index (χ1v) is 5.47. The average molecular weight is 261 g/mol. The molecule has 1 aromatic rings. The van der Waals surface area contributed by atoms with Gasteiger partial charge in [0, 0.05) is 12.1 Å². The number of rotatable bonds is 4. The number of amides is 1. The lowest BCUT2D eigenvalue weighted by molar-refractivity contribution is -0.257. The molecule has 0 saturated carbocycles. The molecule has 0 fully saturated rings. The summed E-state index contributed by atoms with van der Waals surface area (Å²) in [7, 11) is 0. The Morgan fingerprint density at radius 2 is 1.83 bits per heavy atom. The minimum atomic E-state index is -5.08. The summed E-state index contributed by atoms with van der Waals surface area (Å²) in [5, 5.41) is 11.8. The molecule has 0 spiro atoms. The highest BCUT2D eigenvalue weighted by molar-refractivity contribution is 5.87. The smallest absolute Gasteiger partial charge is 0.369 e. The number of halogens is 3. The van der Waals surface area contributed by atoms with Crippen LogP contribution in [0.15, 0.2) is 30.3 Å². The van der Waals surface area contributed by atoms with E-state index in [1.807, 2.05) is 0 Å². The number of alkyl halides is 3. The topological polar surface area (TPSA) is 49.3 Å². The summed E-state index contributed by atoms with van der Waals surface area (Å²) in [6.07, 6.45) is -4.60. The van der Waals surface area contributed by atoms with Crippen LogP contribution < -0.4 is 5.32 Å². The van der Waals surface area contributed by atoms with Crippen LogP contribution in [0.25, 0.3) is 0 Å². The molecule has 1 atom stereocenters. The molecule has 0 saturated heterocycles. The number of carbonyl (C=O) groups excluding carboxylic acids is 1. The summed E-state index contributed by atoms with van der Waals surface area (Å²) in [6, 6.07) is 6.31. The van der Waals surface area contributed by atoms with Crippen molar-refractivity contribution < 1.29 is 23.1 Å². The lowest BCUT2D eigenvalue weighted by atomic mass is 9.92. The molecule has 0 aliphatic heterocycles. The van der Waals surface area contributed by atoms with Crippen LogP contribution in [0.3, 0.4) is 0 Å². The summed E-state index contributed by atoms with van der Waals surface area (Å²) in [5.41, 5.74) is -4.00. The van der Waals surface area contributed by atoms with Crippen molar-refractivity contribution in [1.82, 2.24) is 5.32 Å². The van der Waals surface area contributed by atoms with Gasteiger partial charge in [-0.05, 0) is 6.42 Å². The first kappa shape index (κ1) is 14.5. The lowest BCUT2D eigenvalue weighted by Crippen LogP contribution is -2.54. The maximum Gasteiger partial charge on any atom is 0.430 e. The molecular weight excluding hydrogens is 247 g/mol. The van der Waals surface area contributed by atoms with Gasteiger partial charge >= 0.3 is 6.18 Å². The van der Waals surface area contributed by atoms with E-state index >= 15 is 0 Å². The van der Waals surface area contributed by atoms with Crippen LogP contribution >= 0.6 is 0 Å². The third-order valence-electron chi connectivity index (χ3n) is 2.47. The van der Waals surface area contributed by atoms with E-state index in [0.717, 1.165) is 12.1 Å². The molecule has 2 N–H and O–H groups in total. The largest absolute Gasteiger partial charge is 0.430 e. The minimum Gasteiger partial charge on any atom is -0.369 e. The Balaban J connectivity index is 3.16. The number of hydrogen-bond donors (Lipinski definition) is 2. The summed E-state index contributed by atoms with van der Waals surface area (Å²) >= 11 is 0. The monoisotopic (exact) mass is 261 g/mol. The van der Waals surface area contributed by atoms with Gasteiger partial charge in [0.15, 0.2) is 0 Å². The van der Waals surface area contributed by atoms with Gasteiger partial charge in [0.1, 0.15) is 0 Å². The number of hydrogen-bond acceptors (Lipinski definition) is 2. The first-order chi connectivity index (χ1) is 8.34. The molecule has 100 valence electrons. The highest BCUT2D eigenvalue weighted by Gasteiger charge is 2.60. The molecule has 0 aliphatic carbocycles. The van der Waals surface area contributed by atoms with E-state index in [1.165, 1.54) is 18.2 Å². The van der Waals surface area contributed by atoms with E-state index in [1.54, 1.807) is 6.92 Å². The van der Waals surface area contributed by atoms with Gasteiger partial charge in [-0.25, -0.2) is 0 Å². The molecule has 0 aromatic heterocycles. The van der Waals surface area contributed by atoms with Crippen molar-refractivity contribution in [3.8, 4) is 0 Å². The molecule has 1 rings (SSSR count). The molecule has 0 radical (unpaired) electrons. The maximum atomic E-state index is 13.0. The SMILES string of the molecule is CCCNC(=O)C(O)(c1ccccc1)C(F)(F)F. The molecule has 1 aromatic carbocycles. The number of benzene rings is 1. The Hall–Kier alpha value is -1.56. The highest BCUT2D eigenvalue weighted by Crippen LogP contribution is 2.39. The van der Waals surface area contributed by atoms with E-state index in [-0.39, 0.29) is 6.54 Å². The fourth-order valence-corrected chi connectivity index (χ4v) is 1.47. The van der Waals surface area contributed by atoms with E-state index in [9.17, 15) is 23.1 Å². The van der Waals surface area contributed by atoms with Gasteiger partial charge in [0.25, 0.3) is 11.5 Å². The molecule has 0 heterocycles.